The number of hydrogen-bond acceptors (Lipinski definition) is 31. The van der Waals surface area contributed by atoms with Gasteiger partial charge in [-0.3, -0.25) is 77.9 Å². The summed E-state index contributed by atoms with van der Waals surface area (Å²) in [5.74, 6) is 9.05. The van der Waals surface area contributed by atoms with Crippen molar-refractivity contribution in [2.75, 3.05) is 33.0 Å². The highest BCUT2D eigenvalue weighted by atomic mass is 32.1. The van der Waals surface area contributed by atoms with Crippen LogP contribution < -0.4 is 92.0 Å². The van der Waals surface area contributed by atoms with Gasteiger partial charge in [0.25, 0.3) is 28.1 Å². The molecule has 19 rings (SSSR count). The molecule has 6 aliphatic rings. The number of halogens is 4. The van der Waals surface area contributed by atoms with Crippen LogP contribution in [0.4, 0.5) is 17.6 Å². The van der Waals surface area contributed by atoms with E-state index in [0.717, 1.165) is 44.0 Å². The van der Waals surface area contributed by atoms with Gasteiger partial charge in [-0.25, -0.2) is 73.6 Å². The number of primary amides is 1. The molecule has 0 bridgehead atoms. The van der Waals surface area contributed by atoms with Gasteiger partial charge in [0.1, 0.15) is 123 Å². The van der Waals surface area contributed by atoms with Gasteiger partial charge in [0.15, 0.2) is 28.3 Å². The molecule has 150 heavy (non-hydrogen) atoms. The fourth-order valence-corrected chi connectivity index (χ4v) is 16.2. The predicted octanol–water partition coefficient (Wildman–Crippen LogP) is 7.24. The van der Waals surface area contributed by atoms with E-state index in [1.54, 1.807) is 85.4 Å². The van der Waals surface area contributed by atoms with Crippen molar-refractivity contribution in [1.82, 2.24) is 83.8 Å². The Hall–Kier alpha value is -16.5. The van der Waals surface area contributed by atoms with Crippen LogP contribution in [0.3, 0.4) is 0 Å². The van der Waals surface area contributed by atoms with E-state index in [-0.39, 0.29) is 123 Å². The highest BCUT2D eigenvalue weighted by Crippen LogP contribution is 2.35. The van der Waals surface area contributed by atoms with E-state index in [0.29, 0.717) is 138 Å². The Morgan fingerprint density at radius 3 is 1.27 bits per heavy atom. The Labute approximate surface area is 860 Å². The van der Waals surface area contributed by atoms with E-state index in [2.05, 4.69) is 57.4 Å². The zero-order chi connectivity index (χ0) is 108. The van der Waals surface area contributed by atoms with Crippen LogP contribution in [0, 0.1) is 23.3 Å². The number of carbonyl (C=O) groups excluding carboxylic acids is 3. The fourth-order valence-electron chi connectivity index (χ4n) is 16.0. The number of thiocarbonyl (C=S) groups is 1. The second-order valence-electron chi connectivity index (χ2n) is 36.8. The lowest BCUT2D eigenvalue weighted by Crippen LogP contribution is -2.54. The minimum atomic E-state index is -1.31. The zero-order valence-corrected chi connectivity index (χ0v) is 84.4. The molecule has 3 amide bonds. The van der Waals surface area contributed by atoms with E-state index < -0.39 is 62.3 Å². The van der Waals surface area contributed by atoms with Crippen molar-refractivity contribution in [3.63, 3.8) is 0 Å². The second kappa shape index (κ2) is 48.4. The van der Waals surface area contributed by atoms with Gasteiger partial charge >= 0.3 is 5.97 Å². The molecular formula is C104H112F4N22O19S. The molecule has 13 aromatic rings. The molecule has 0 saturated carbocycles. The van der Waals surface area contributed by atoms with Gasteiger partial charge in [-0.1, -0.05) is 158 Å². The first-order valence-corrected chi connectivity index (χ1v) is 47.4. The first-order chi connectivity index (χ1) is 71.3. The number of carboxylic acids is 1. The van der Waals surface area contributed by atoms with Crippen molar-refractivity contribution in [2.45, 2.75) is 176 Å². The quantitative estimate of drug-likeness (QED) is 0.00805. The first kappa shape index (κ1) is 111. The van der Waals surface area contributed by atoms with Crippen LogP contribution in [0.15, 0.2) is 223 Å². The van der Waals surface area contributed by atoms with E-state index in [1.807, 2.05) is 138 Å². The van der Waals surface area contributed by atoms with Gasteiger partial charge in [0.2, 0.25) is 46.6 Å². The third kappa shape index (κ3) is 27.5. The lowest BCUT2D eigenvalue weighted by molar-refractivity contribution is -0.120. The third-order valence-electron chi connectivity index (χ3n) is 23.7. The third-order valence-corrected chi connectivity index (χ3v) is 23.9. The Bertz CT molecular complexity index is 7260. The van der Waals surface area contributed by atoms with E-state index >= 15 is 0 Å². The molecule has 6 aromatic heterocycles. The van der Waals surface area contributed by atoms with Crippen molar-refractivity contribution in [2.24, 2.45) is 28.1 Å². The Kier molecular flexibility index (Phi) is 35.7. The van der Waals surface area contributed by atoms with Gasteiger partial charge in [-0.2, -0.15) is 0 Å². The summed E-state index contributed by atoms with van der Waals surface area (Å²) >= 11 is 5.07. The molecule has 0 spiro atoms. The maximum Gasteiger partial charge on any atom is 0.358 e. The number of benzene rings is 7. The van der Waals surface area contributed by atoms with Crippen molar-refractivity contribution >= 4 is 59.6 Å². The lowest BCUT2D eigenvalue weighted by Gasteiger charge is -2.33. The number of nitrogens with one attached hydrogen (secondary N) is 3. The van der Waals surface area contributed by atoms with E-state index in [9.17, 15) is 70.9 Å². The van der Waals surface area contributed by atoms with Crippen LogP contribution in [-0.4, -0.2) is 146 Å². The Morgan fingerprint density at radius 1 is 0.493 bits per heavy atom. The summed E-state index contributed by atoms with van der Waals surface area (Å²) in [4.78, 5) is 138. The molecule has 46 heteroatoms. The van der Waals surface area contributed by atoms with Crippen LogP contribution in [0.5, 0.6) is 23.0 Å². The van der Waals surface area contributed by atoms with Crippen molar-refractivity contribution in [1.29, 1.82) is 0 Å². The van der Waals surface area contributed by atoms with Crippen molar-refractivity contribution in [3.05, 3.63) is 365 Å². The normalized spacial score (nSPS) is 15.3. The molecule has 7 aromatic carbocycles. The SMILES string of the molecule is C=c1c(=O)c(=C2N=C(Cc3ccc(F)cc3)NN2)nc2n1CCOC2(C)C.CC1(C)OCCn2c1nc(-c1ncn(Cc3ccc(F)cc3)n1)c(O)c2=O.CC1(C)OCCn2c1nc(C(=O)O)c(OCc1ccccc1)c2=O.CC1(C)OCCn2c1nc(C(N)=O)c(OCc1ccccc1)c2=O.CC1(C)OCCn2c1nc(C(N)=S)c(OCc1ccccc1)c2=O.NN(C=O)Cc1ccc(F)cc1.NNC(=O)Cc1ccc(F)cc1. The molecule has 12 heterocycles. The number of amidine groups is 1. The number of carbonyl (C=O) groups is 4. The highest BCUT2D eigenvalue weighted by molar-refractivity contribution is 7.80. The van der Waals surface area contributed by atoms with Crippen LogP contribution in [0.1, 0.15) is 164 Å². The average molecular weight is 2080 g/mol. The molecule has 0 fully saturated rings. The van der Waals surface area contributed by atoms with Crippen LogP contribution in [-0.2, 0) is 140 Å². The largest absolute Gasteiger partial charge is 0.501 e. The van der Waals surface area contributed by atoms with Crippen LogP contribution in [0.25, 0.3) is 23.9 Å². The van der Waals surface area contributed by atoms with Gasteiger partial charge in [0.05, 0.1) is 84.1 Å². The monoisotopic (exact) mass is 2080 g/mol. The minimum Gasteiger partial charge on any atom is -0.501 e. The summed E-state index contributed by atoms with van der Waals surface area (Å²) in [5, 5.41) is 25.6. The standard InChI is InChI=1S/C19H20FN5O2.C18H18FN5O3.C17H19N3O4.C17H19N3O3S.C17H18N2O5.2C8H9FN2O/c1-11-16(26)15(22-18-19(2,3)27-9-8-25(11)18)17-21-14(23-24-17)10-12-4-6-13(20)7-5-12;1-18(2)17-21-13(14(25)16(26)24(17)7-8-27-18)15-20-10-23(22-15)9-11-3-5-12(19)6-4-11;1-17(2)16-19-12(14(18)21)13(15(22)20(16)8-9-24-17)23-10-11-6-4-3-5-7-11;1-17(2)16-19-12(14(18)24)13(15(21)20(16)8-9-23-17)22-10-11-6-4-3-5-7-11;1-17(2)16-18-12(15(21)22)13(14(20)19(16)8-9-24-17)23-10-11-6-4-3-5-7-11;9-8-3-1-7(2-4-8)5-11(10)6-12;9-7-3-1-6(2-4-7)5-8(12)11-10/h4-7,24H,1,8-10H2,2-3H3,(H,21,23);3-6,10,25H,7-9H2,1-2H3;3-7H,8-10H2,1-2H3,(H2,18,21);3-7H,8-10H2,1-2H3,(H2,18,24);3-7H,8-10H2,1-2H3,(H,21,22);1-4,6H,5,10H2;1-4H,5,10H2,(H,11,12). The number of aromatic hydroxyl groups is 1. The number of ether oxygens (including phenoxy) is 8. The summed E-state index contributed by atoms with van der Waals surface area (Å²) in [5.41, 5.74) is 18.9. The number of aromatic nitrogens is 13. The first-order valence-electron chi connectivity index (χ1n) is 47.0. The Morgan fingerprint density at radius 2 is 0.860 bits per heavy atom. The smallest absolute Gasteiger partial charge is 0.358 e. The number of nitrogens with two attached hydrogens (primary N) is 4. The second-order valence-corrected chi connectivity index (χ2v) is 37.2. The number of amides is 3. The molecule has 0 radical (unpaired) electrons. The van der Waals surface area contributed by atoms with Crippen molar-refractivity contribution in [3.8, 4) is 34.5 Å². The van der Waals surface area contributed by atoms with Gasteiger partial charge < -0.3 is 64.1 Å². The van der Waals surface area contributed by atoms with Gasteiger partial charge in [-0.15, -0.1) is 5.10 Å². The molecule has 0 unspecified atom stereocenters. The number of carboxylic acid groups (broad SMARTS) is 1. The summed E-state index contributed by atoms with van der Waals surface area (Å²) in [7, 11) is 0. The van der Waals surface area contributed by atoms with E-state index in [1.165, 1.54) is 73.2 Å². The molecule has 0 atom stereocenters. The number of hydrogen-bond donors (Lipinski definition) is 9. The summed E-state index contributed by atoms with van der Waals surface area (Å²) in [6.07, 6.45) is 2.63. The number of rotatable bonds is 22. The minimum absolute atomic E-state index is 0.0164. The highest BCUT2D eigenvalue weighted by Gasteiger charge is 2.40. The fraction of sp³-hybridized carbons (Fsp3) is 0.308. The number of aromatic carboxylic acids is 1. The Balaban J connectivity index is 0.000000148. The molecular weight excluding hydrogens is 1970 g/mol. The molecule has 0 saturated heterocycles. The zero-order valence-electron chi connectivity index (χ0n) is 83.6. The maximum absolute atomic E-state index is 13.0. The molecule has 6 aliphatic heterocycles. The van der Waals surface area contributed by atoms with Crippen molar-refractivity contribution < 1.29 is 84.8 Å². The van der Waals surface area contributed by atoms with E-state index in [4.69, 9.17) is 73.3 Å². The molecule has 0 aliphatic carbocycles. The molecule has 13 N–H and O–H groups in total. The number of nitrogens with zero attached hydrogens (tertiary/aromatic N) is 15. The number of aliphatic imine (C=N–C) groups is 1. The number of hydrazine groups is 3. The van der Waals surface area contributed by atoms with Crippen LogP contribution >= 0.6 is 12.2 Å². The average Bonchev–Trinajstić information content (AvgIpc) is 1.69. The summed E-state index contributed by atoms with van der Waals surface area (Å²) in [6, 6.07) is 51.9. The van der Waals surface area contributed by atoms with Gasteiger partial charge in [-0.05, 0) is 157 Å². The maximum atomic E-state index is 13.0. The molecule has 786 valence electrons. The topological polar surface area (TPSA) is 544 Å². The lowest BCUT2D eigenvalue weighted by atomic mass is 10.1. The number of fused-ring (bicyclic) bond motifs is 5. The van der Waals surface area contributed by atoms with Crippen LogP contribution in [0.2, 0.25) is 0 Å². The van der Waals surface area contributed by atoms with Gasteiger partial charge in [0, 0.05) is 13.0 Å². The molecule has 41 nitrogen and oxygen atoms in total. The summed E-state index contributed by atoms with van der Waals surface area (Å²) < 4.78 is 105. The predicted molar refractivity (Wildman–Crippen MR) is 544 cm³/mol. The summed E-state index contributed by atoms with van der Waals surface area (Å²) in [6.45, 7) is 27.3.